The summed E-state index contributed by atoms with van der Waals surface area (Å²) in [6, 6.07) is 15.4. The van der Waals surface area contributed by atoms with Gasteiger partial charge in [0.15, 0.2) is 11.5 Å². The second kappa shape index (κ2) is 8.96. The van der Waals surface area contributed by atoms with Crippen LogP contribution in [-0.4, -0.2) is 26.0 Å². The molecule has 0 saturated carbocycles. The van der Waals surface area contributed by atoms with E-state index in [4.69, 9.17) is 21.1 Å². The number of anilines is 2. The van der Waals surface area contributed by atoms with E-state index in [0.29, 0.717) is 39.0 Å². The molecular weight excluding hydrogens is 447 g/mol. The van der Waals surface area contributed by atoms with Gasteiger partial charge in [-0.2, -0.15) is 0 Å². The maximum absolute atomic E-state index is 13.6. The zero-order valence-electron chi connectivity index (χ0n) is 18.1. The van der Waals surface area contributed by atoms with E-state index in [1.165, 1.54) is 38.5 Å². The summed E-state index contributed by atoms with van der Waals surface area (Å²) >= 11 is 6.24. The van der Waals surface area contributed by atoms with Crippen LogP contribution in [0, 0.1) is 12.7 Å². The van der Waals surface area contributed by atoms with Gasteiger partial charge in [0.1, 0.15) is 11.5 Å². The number of ether oxygens (including phenoxy) is 2. The molecule has 0 fully saturated rings. The van der Waals surface area contributed by atoms with Crippen LogP contribution in [0.5, 0.6) is 11.5 Å². The average Bonchev–Trinajstić information content (AvgIpc) is 3.05. The first-order valence-corrected chi connectivity index (χ1v) is 10.4. The van der Waals surface area contributed by atoms with Gasteiger partial charge >= 0.3 is 0 Å². The Hall–Kier alpha value is -3.84. The third kappa shape index (κ3) is 4.03. The fourth-order valence-electron chi connectivity index (χ4n) is 3.65. The van der Waals surface area contributed by atoms with Gasteiger partial charge in [0.25, 0.3) is 11.8 Å². The number of nitrogens with zero attached hydrogens (tertiary/aromatic N) is 1. The summed E-state index contributed by atoms with van der Waals surface area (Å²) in [6.45, 7) is 1.73. The number of carbonyl (C=O) groups is 2. The lowest BCUT2D eigenvalue weighted by molar-refractivity contribution is -0.120. The van der Waals surface area contributed by atoms with Crippen molar-refractivity contribution in [3.8, 4) is 11.5 Å². The highest BCUT2D eigenvalue weighted by molar-refractivity contribution is 6.46. The predicted molar refractivity (Wildman–Crippen MR) is 125 cm³/mol. The van der Waals surface area contributed by atoms with Crippen LogP contribution < -0.4 is 19.7 Å². The van der Waals surface area contributed by atoms with Crippen molar-refractivity contribution >= 4 is 40.4 Å². The van der Waals surface area contributed by atoms with Crippen molar-refractivity contribution in [2.75, 3.05) is 24.4 Å². The third-order valence-corrected chi connectivity index (χ3v) is 5.76. The molecule has 33 heavy (non-hydrogen) atoms. The molecule has 1 N–H and O–H groups in total. The van der Waals surface area contributed by atoms with Gasteiger partial charge in [-0.1, -0.05) is 29.8 Å². The fraction of sp³-hybridized carbons (Fsp3) is 0.120. The molecule has 0 saturated heterocycles. The highest BCUT2D eigenvalue weighted by Gasteiger charge is 2.41. The number of nitrogens with one attached hydrogen (secondary N) is 1. The highest BCUT2D eigenvalue weighted by atomic mass is 35.5. The molecule has 0 bridgehead atoms. The molecule has 6 nitrogen and oxygen atoms in total. The number of benzene rings is 3. The molecule has 4 rings (SSSR count). The van der Waals surface area contributed by atoms with Gasteiger partial charge in [-0.05, 0) is 54.4 Å². The molecule has 3 aromatic carbocycles. The van der Waals surface area contributed by atoms with E-state index in [1.54, 1.807) is 43.3 Å². The average molecular weight is 467 g/mol. The number of amides is 2. The predicted octanol–water partition coefficient (Wildman–Crippen LogP) is 5.20. The smallest absolute Gasteiger partial charge is 0.282 e. The monoisotopic (exact) mass is 466 g/mol. The highest BCUT2D eigenvalue weighted by Crippen LogP contribution is 2.38. The molecule has 8 heteroatoms. The van der Waals surface area contributed by atoms with E-state index in [0.717, 1.165) is 4.90 Å². The number of carbonyl (C=O) groups excluding carboxylic acids is 2. The minimum atomic E-state index is -0.556. The summed E-state index contributed by atoms with van der Waals surface area (Å²) in [6.07, 6.45) is 0. The van der Waals surface area contributed by atoms with Gasteiger partial charge in [-0.25, -0.2) is 9.29 Å². The molecule has 1 aliphatic heterocycles. The van der Waals surface area contributed by atoms with E-state index < -0.39 is 17.6 Å². The third-order valence-electron chi connectivity index (χ3n) is 5.35. The number of methoxy groups -OCH3 is 2. The summed E-state index contributed by atoms with van der Waals surface area (Å²) in [4.78, 5) is 28.1. The van der Waals surface area contributed by atoms with Crippen LogP contribution in [0.1, 0.15) is 11.1 Å². The summed E-state index contributed by atoms with van der Waals surface area (Å²) in [5.41, 5.74) is 2.05. The lowest BCUT2D eigenvalue weighted by Gasteiger charge is -2.18. The van der Waals surface area contributed by atoms with Crippen molar-refractivity contribution in [3.05, 3.63) is 88.3 Å². The van der Waals surface area contributed by atoms with Gasteiger partial charge in [0, 0.05) is 16.8 Å². The zero-order valence-corrected chi connectivity index (χ0v) is 18.9. The van der Waals surface area contributed by atoms with Gasteiger partial charge < -0.3 is 14.8 Å². The molecule has 0 aliphatic carbocycles. The lowest BCUT2D eigenvalue weighted by atomic mass is 10.0. The van der Waals surface area contributed by atoms with Crippen LogP contribution >= 0.6 is 11.6 Å². The Kier molecular flexibility index (Phi) is 6.07. The molecule has 0 atom stereocenters. The maximum atomic E-state index is 13.6. The van der Waals surface area contributed by atoms with Gasteiger partial charge in [0.2, 0.25) is 0 Å². The molecule has 2 amide bonds. The molecule has 0 radical (unpaired) electrons. The molecule has 0 unspecified atom stereocenters. The quantitative estimate of drug-likeness (QED) is 0.506. The number of halogens is 2. The molecule has 3 aromatic rings. The van der Waals surface area contributed by atoms with Crippen LogP contribution in [0.4, 0.5) is 15.8 Å². The summed E-state index contributed by atoms with van der Waals surface area (Å²) < 4.78 is 24.1. The Morgan fingerprint density at radius 3 is 2.27 bits per heavy atom. The van der Waals surface area contributed by atoms with Crippen molar-refractivity contribution in [1.82, 2.24) is 0 Å². The summed E-state index contributed by atoms with van der Waals surface area (Å²) in [5.74, 6) is -0.584. The lowest BCUT2D eigenvalue weighted by Crippen LogP contribution is -2.33. The number of hydrogen-bond acceptors (Lipinski definition) is 5. The van der Waals surface area contributed by atoms with Crippen molar-refractivity contribution in [3.63, 3.8) is 0 Å². The summed E-state index contributed by atoms with van der Waals surface area (Å²) in [7, 11) is 3.02. The summed E-state index contributed by atoms with van der Waals surface area (Å²) in [5, 5.41) is 3.48. The Morgan fingerprint density at radius 1 is 0.909 bits per heavy atom. The van der Waals surface area contributed by atoms with Crippen LogP contribution in [0.25, 0.3) is 5.57 Å². The molecule has 1 heterocycles. The largest absolute Gasteiger partial charge is 0.493 e. The van der Waals surface area contributed by atoms with Gasteiger partial charge in [0.05, 0.1) is 25.5 Å². The standard InChI is InChI=1S/C25H20ClFN2O4/c1-14-18(26)5-4-6-19(14)29-24(30)22(15-7-9-16(27)10-8-15)23(25(29)31)28-17-11-12-20(32-2)21(13-17)33-3/h4-13,28H,1-3H3. The minimum absolute atomic E-state index is 0.0539. The van der Waals surface area contributed by atoms with Crippen LogP contribution in [0.2, 0.25) is 5.02 Å². The second-order valence-corrected chi connectivity index (χ2v) is 7.69. The first-order chi connectivity index (χ1) is 15.8. The first kappa shape index (κ1) is 22.4. The molecule has 0 spiro atoms. The first-order valence-electron chi connectivity index (χ1n) is 9.99. The SMILES string of the molecule is COc1ccc(NC2=C(c3ccc(F)cc3)C(=O)N(c3cccc(Cl)c3C)C2=O)cc1OC. The molecule has 168 valence electrons. The normalized spacial score (nSPS) is 13.5. The molecule has 1 aliphatic rings. The van der Waals surface area contributed by atoms with Crippen LogP contribution in [0.3, 0.4) is 0 Å². The van der Waals surface area contributed by atoms with Gasteiger partial charge in [-0.15, -0.1) is 0 Å². The second-order valence-electron chi connectivity index (χ2n) is 7.28. The van der Waals surface area contributed by atoms with E-state index >= 15 is 0 Å². The fourth-order valence-corrected chi connectivity index (χ4v) is 3.82. The van der Waals surface area contributed by atoms with Crippen molar-refractivity contribution in [2.24, 2.45) is 0 Å². The van der Waals surface area contributed by atoms with Crippen LogP contribution in [0.15, 0.2) is 66.4 Å². The maximum Gasteiger partial charge on any atom is 0.282 e. The topological polar surface area (TPSA) is 67.9 Å². The van der Waals surface area contributed by atoms with E-state index in [2.05, 4.69) is 5.32 Å². The van der Waals surface area contributed by atoms with Gasteiger partial charge in [-0.3, -0.25) is 9.59 Å². The number of hydrogen-bond donors (Lipinski definition) is 1. The Balaban J connectivity index is 1.84. The zero-order chi connectivity index (χ0) is 23.7. The van der Waals surface area contributed by atoms with Crippen molar-refractivity contribution in [2.45, 2.75) is 6.92 Å². The van der Waals surface area contributed by atoms with Crippen LogP contribution in [-0.2, 0) is 9.59 Å². The van der Waals surface area contributed by atoms with E-state index in [9.17, 15) is 14.0 Å². The Morgan fingerprint density at radius 2 is 1.61 bits per heavy atom. The Bertz CT molecular complexity index is 1290. The Labute approximate surface area is 195 Å². The number of imide groups is 1. The minimum Gasteiger partial charge on any atom is -0.493 e. The van der Waals surface area contributed by atoms with E-state index in [1.807, 2.05) is 0 Å². The molecule has 0 aromatic heterocycles. The van der Waals surface area contributed by atoms with E-state index in [-0.39, 0.29) is 11.3 Å². The van der Waals surface area contributed by atoms with Crippen molar-refractivity contribution < 1.29 is 23.5 Å². The van der Waals surface area contributed by atoms with Crippen molar-refractivity contribution in [1.29, 1.82) is 0 Å². The molecular formula is C25H20ClFN2O4. The number of rotatable bonds is 6.